The van der Waals surface area contributed by atoms with Gasteiger partial charge in [-0.05, 0) is 44.5 Å². The molecule has 20 heavy (non-hydrogen) atoms. The highest BCUT2D eigenvalue weighted by Gasteiger charge is 2.16. The first kappa shape index (κ1) is 14.4. The summed E-state index contributed by atoms with van der Waals surface area (Å²) in [6, 6.07) is 7.02. The Bertz CT molecular complexity index is 625. The Labute approximate surface area is 122 Å². The van der Waals surface area contributed by atoms with Gasteiger partial charge in [0.25, 0.3) is 5.91 Å². The molecule has 2 N–H and O–H groups in total. The van der Waals surface area contributed by atoms with E-state index < -0.39 is 6.10 Å². The van der Waals surface area contributed by atoms with Gasteiger partial charge in [0, 0.05) is 16.8 Å². The quantitative estimate of drug-likeness (QED) is 0.910. The smallest absolute Gasteiger partial charge is 0.266 e. The topological polar surface area (TPSA) is 67.0 Å². The lowest BCUT2D eigenvalue weighted by Gasteiger charge is -2.15. The number of nitrogens with zero attached hydrogens (tertiary/aromatic N) is 1. The maximum absolute atomic E-state index is 12.0. The summed E-state index contributed by atoms with van der Waals surface area (Å²) >= 11 is 5.88. The van der Waals surface area contributed by atoms with Crippen LogP contribution in [0.4, 0.5) is 5.82 Å². The molecule has 1 amide bonds. The summed E-state index contributed by atoms with van der Waals surface area (Å²) in [5, 5.41) is 10.0. The van der Waals surface area contributed by atoms with Gasteiger partial charge < -0.3 is 10.1 Å². The van der Waals surface area contributed by atoms with Crippen LogP contribution in [-0.2, 0) is 4.79 Å². The fraction of sp³-hybridized carbons (Fsp3) is 0.286. The number of aryl methyl sites for hydroxylation is 2. The summed E-state index contributed by atoms with van der Waals surface area (Å²) in [5.41, 5.74) is 1.76. The Morgan fingerprint density at radius 3 is 2.75 bits per heavy atom. The number of halogens is 1. The van der Waals surface area contributed by atoms with Crippen molar-refractivity contribution in [2.24, 2.45) is 0 Å². The number of ether oxygens (including phenoxy) is 1. The van der Waals surface area contributed by atoms with Crippen LogP contribution in [0, 0.1) is 13.8 Å². The maximum atomic E-state index is 12.0. The first-order chi connectivity index (χ1) is 9.45. The van der Waals surface area contributed by atoms with E-state index in [2.05, 4.69) is 15.5 Å². The third kappa shape index (κ3) is 3.51. The van der Waals surface area contributed by atoms with Crippen LogP contribution in [0.3, 0.4) is 0 Å². The summed E-state index contributed by atoms with van der Waals surface area (Å²) in [5.74, 6) is 0.858. The first-order valence-corrected chi connectivity index (χ1v) is 6.59. The van der Waals surface area contributed by atoms with Crippen molar-refractivity contribution in [1.82, 2.24) is 10.2 Å². The van der Waals surface area contributed by atoms with E-state index in [0.717, 1.165) is 11.3 Å². The summed E-state index contributed by atoms with van der Waals surface area (Å²) in [6.07, 6.45) is -0.633. The Morgan fingerprint density at radius 1 is 1.40 bits per heavy atom. The van der Waals surface area contributed by atoms with Crippen LogP contribution in [0.5, 0.6) is 5.75 Å². The Kier molecular flexibility index (Phi) is 4.29. The predicted molar refractivity (Wildman–Crippen MR) is 78.2 cm³/mol. The van der Waals surface area contributed by atoms with E-state index >= 15 is 0 Å². The Hall–Kier alpha value is -2.01. The van der Waals surface area contributed by atoms with Gasteiger partial charge in [-0.3, -0.25) is 9.89 Å². The van der Waals surface area contributed by atoms with Crippen molar-refractivity contribution < 1.29 is 9.53 Å². The number of H-pyrrole nitrogens is 1. The minimum absolute atomic E-state index is 0.258. The molecular weight excluding hydrogens is 278 g/mol. The molecule has 2 aromatic rings. The number of rotatable bonds is 4. The van der Waals surface area contributed by atoms with Gasteiger partial charge in [-0.25, -0.2) is 0 Å². The second kappa shape index (κ2) is 5.96. The Morgan fingerprint density at radius 2 is 2.15 bits per heavy atom. The van der Waals surface area contributed by atoms with E-state index in [1.807, 2.05) is 13.8 Å². The van der Waals surface area contributed by atoms with Crippen molar-refractivity contribution in [3.8, 4) is 5.75 Å². The number of aromatic amines is 1. The van der Waals surface area contributed by atoms with Crippen LogP contribution >= 0.6 is 11.6 Å². The zero-order valence-corrected chi connectivity index (χ0v) is 12.3. The average Bonchev–Trinajstić information content (AvgIpc) is 2.78. The molecule has 0 fully saturated rings. The fourth-order valence-corrected chi connectivity index (χ4v) is 1.93. The van der Waals surface area contributed by atoms with E-state index in [1.54, 1.807) is 31.2 Å². The number of hydrogen-bond donors (Lipinski definition) is 2. The number of benzene rings is 1. The van der Waals surface area contributed by atoms with E-state index in [4.69, 9.17) is 16.3 Å². The van der Waals surface area contributed by atoms with Gasteiger partial charge in [0.15, 0.2) is 11.9 Å². The third-order valence-electron chi connectivity index (χ3n) is 2.77. The summed E-state index contributed by atoms with van der Waals surface area (Å²) in [7, 11) is 0. The number of carbonyl (C=O) groups excluding carboxylic acids is 1. The van der Waals surface area contributed by atoms with Gasteiger partial charge in [-0.1, -0.05) is 11.6 Å². The van der Waals surface area contributed by atoms with Crippen molar-refractivity contribution >= 4 is 23.3 Å². The number of carbonyl (C=O) groups is 1. The highest BCUT2D eigenvalue weighted by molar-refractivity contribution is 6.30. The number of aromatic nitrogens is 2. The fourth-order valence-electron chi connectivity index (χ4n) is 1.70. The lowest BCUT2D eigenvalue weighted by Crippen LogP contribution is -2.30. The molecule has 0 aliphatic carbocycles. The third-order valence-corrected chi connectivity index (χ3v) is 3.00. The molecule has 0 bridgehead atoms. The molecule has 1 unspecified atom stereocenters. The van der Waals surface area contributed by atoms with Gasteiger partial charge in [-0.15, -0.1) is 0 Å². The van der Waals surface area contributed by atoms with E-state index in [1.165, 1.54) is 0 Å². The second-order valence-electron chi connectivity index (χ2n) is 4.60. The molecule has 5 nitrogen and oxygen atoms in total. The molecule has 0 saturated carbocycles. The van der Waals surface area contributed by atoms with Crippen molar-refractivity contribution in [2.75, 3.05) is 5.32 Å². The molecule has 0 aliphatic heterocycles. The summed E-state index contributed by atoms with van der Waals surface area (Å²) < 4.78 is 5.63. The summed E-state index contributed by atoms with van der Waals surface area (Å²) in [4.78, 5) is 12.0. The van der Waals surface area contributed by atoms with Gasteiger partial charge in [0.1, 0.15) is 5.75 Å². The molecule has 1 atom stereocenters. The minimum atomic E-state index is -0.633. The molecule has 0 saturated heterocycles. The number of hydrogen-bond acceptors (Lipinski definition) is 3. The largest absolute Gasteiger partial charge is 0.481 e. The van der Waals surface area contributed by atoms with E-state index in [0.29, 0.717) is 16.6 Å². The molecule has 1 aromatic heterocycles. The first-order valence-electron chi connectivity index (χ1n) is 6.21. The van der Waals surface area contributed by atoms with Crippen molar-refractivity contribution in [3.05, 3.63) is 40.5 Å². The maximum Gasteiger partial charge on any atom is 0.266 e. The van der Waals surface area contributed by atoms with Crippen LogP contribution in [-0.4, -0.2) is 22.2 Å². The monoisotopic (exact) mass is 293 g/mol. The highest BCUT2D eigenvalue weighted by Crippen LogP contribution is 2.23. The normalized spacial score (nSPS) is 12.0. The Balaban J connectivity index is 2.00. The second-order valence-corrected chi connectivity index (χ2v) is 5.03. The van der Waals surface area contributed by atoms with Gasteiger partial charge >= 0.3 is 0 Å². The summed E-state index contributed by atoms with van der Waals surface area (Å²) in [6.45, 7) is 5.42. The lowest BCUT2D eigenvalue weighted by atomic mass is 10.2. The van der Waals surface area contributed by atoms with Crippen LogP contribution < -0.4 is 10.1 Å². The predicted octanol–water partition coefficient (Wildman–Crippen LogP) is 3.09. The zero-order chi connectivity index (χ0) is 14.7. The van der Waals surface area contributed by atoms with Crippen molar-refractivity contribution in [2.45, 2.75) is 26.9 Å². The molecule has 1 aromatic carbocycles. The molecular formula is C14H16ClN3O2. The standard InChI is InChI=1S/C14H16ClN3O2/c1-8-6-11(15)4-5-12(8)20-10(3)14(19)16-13-7-9(2)17-18-13/h4-7,10H,1-3H3,(H2,16,17,18,19). The van der Waals surface area contributed by atoms with E-state index in [9.17, 15) is 4.79 Å². The molecule has 0 spiro atoms. The minimum Gasteiger partial charge on any atom is -0.481 e. The number of anilines is 1. The molecule has 106 valence electrons. The van der Waals surface area contributed by atoms with Crippen LogP contribution in [0.2, 0.25) is 5.02 Å². The molecule has 0 aliphatic rings. The number of amides is 1. The highest BCUT2D eigenvalue weighted by atomic mass is 35.5. The molecule has 6 heteroatoms. The van der Waals surface area contributed by atoms with E-state index in [-0.39, 0.29) is 5.91 Å². The lowest BCUT2D eigenvalue weighted by molar-refractivity contribution is -0.122. The van der Waals surface area contributed by atoms with Crippen LogP contribution in [0.25, 0.3) is 0 Å². The van der Waals surface area contributed by atoms with Gasteiger partial charge in [0.05, 0.1) is 0 Å². The number of nitrogens with one attached hydrogen (secondary N) is 2. The SMILES string of the molecule is Cc1cc(NC(=O)C(C)Oc2ccc(Cl)cc2C)n[nH]1. The van der Waals surface area contributed by atoms with Crippen molar-refractivity contribution in [3.63, 3.8) is 0 Å². The zero-order valence-electron chi connectivity index (χ0n) is 11.5. The molecule has 2 rings (SSSR count). The molecule has 1 heterocycles. The van der Waals surface area contributed by atoms with Gasteiger partial charge in [-0.2, -0.15) is 5.10 Å². The van der Waals surface area contributed by atoms with Gasteiger partial charge in [0.2, 0.25) is 0 Å². The van der Waals surface area contributed by atoms with Crippen LogP contribution in [0.15, 0.2) is 24.3 Å². The van der Waals surface area contributed by atoms with Crippen LogP contribution in [0.1, 0.15) is 18.2 Å². The average molecular weight is 294 g/mol. The molecule has 0 radical (unpaired) electrons. The van der Waals surface area contributed by atoms with Crippen molar-refractivity contribution in [1.29, 1.82) is 0 Å².